The molecule has 3 unspecified atom stereocenters. The lowest BCUT2D eigenvalue weighted by Crippen LogP contribution is -2.57. The van der Waals surface area contributed by atoms with Crippen LogP contribution < -0.4 is 5.32 Å². The first-order valence-corrected chi connectivity index (χ1v) is 7.49. The molecule has 1 aromatic rings. The average molecular weight is 348 g/mol. The van der Waals surface area contributed by atoms with E-state index in [1.165, 1.54) is 25.3 Å². The Morgan fingerprint density at radius 1 is 1.52 bits per heavy atom. The van der Waals surface area contributed by atoms with Crippen LogP contribution in [-0.2, 0) is 19.1 Å². The Hall–Kier alpha value is -2.94. The van der Waals surface area contributed by atoms with Gasteiger partial charge in [0.25, 0.3) is 5.69 Å². The Morgan fingerprint density at radius 2 is 2.24 bits per heavy atom. The molecule has 0 saturated carbocycles. The summed E-state index contributed by atoms with van der Waals surface area (Å²) < 4.78 is 9.78. The minimum Gasteiger partial charge on any atom is -0.466 e. The summed E-state index contributed by atoms with van der Waals surface area (Å²) in [6.45, 7) is 1.28. The molecule has 0 radical (unpaired) electrons. The van der Waals surface area contributed by atoms with Crippen LogP contribution in [0, 0.1) is 16.0 Å². The van der Waals surface area contributed by atoms with Gasteiger partial charge in [-0.2, -0.15) is 0 Å². The number of carbonyl (C=O) groups excluding carboxylic acids is 2. The highest BCUT2D eigenvalue weighted by Gasteiger charge is 2.58. The maximum atomic E-state index is 12.3. The molecule has 1 fully saturated rings. The molecule has 0 bridgehead atoms. The average Bonchev–Trinajstić information content (AvgIpc) is 2.87. The number of hydrogen-bond acceptors (Lipinski definition) is 8. The van der Waals surface area contributed by atoms with Gasteiger partial charge in [0.1, 0.15) is 12.5 Å². The number of esters is 2. The number of nitro groups is 1. The molecule has 132 valence electrons. The number of allylic oxidation sites excluding steroid dienone is 1. The second-order valence-electron chi connectivity index (χ2n) is 5.99. The highest BCUT2D eigenvalue weighted by Crippen LogP contribution is 2.46. The fraction of sp³-hybridized carbons (Fsp3) is 0.375. The molecular formula is C16H16N2O7. The Balaban J connectivity index is 2.21. The van der Waals surface area contributed by atoms with Crippen molar-refractivity contribution >= 4 is 17.6 Å². The maximum Gasteiger partial charge on any atom is 0.336 e. The molecule has 0 amide bonds. The maximum absolute atomic E-state index is 12.3. The van der Waals surface area contributed by atoms with Gasteiger partial charge in [0.05, 0.1) is 17.6 Å². The van der Waals surface area contributed by atoms with Gasteiger partial charge in [0, 0.05) is 23.7 Å². The van der Waals surface area contributed by atoms with E-state index in [1.54, 1.807) is 13.0 Å². The third-order valence-electron chi connectivity index (χ3n) is 4.50. The molecule has 0 aliphatic carbocycles. The number of aliphatic hydroxyl groups is 1. The second-order valence-corrected chi connectivity index (χ2v) is 5.99. The standard InChI is InChI=1S/C16H16N2O7/c1-8-11(14(19)24-2)12(9-4-3-5-10(6-9)18(22)23)13-15(20)25-7-16(13,21)17-8/h3-6,12-13,17,21H,7H2,1-2H3. The summed E-state index contributed by atoms with van der Waals surface area (Å²) in [5.74, 6) is -3.45. The predicted molar refractivity (Wildman–Crippen MR) is 83.1 cm³/mol. The van der Waals surface area contributed by atoms with Crippen molar-refractivity contribution in [2.24, 2.45) is 5.92 Å². The molecule has 3 atom stereocenters. The number of hydrogen-bond donors (Lipinski definition) is 2. The zero-order valence-corrected chi connectivity index (χ0v) is 13.5. The van der Waals surface area contributed by atoms with Gasteiger partial charge in [-0.1, -0.05) is 12.1 Å². The van der Waals surface area contributed by atoms with Gasteiger partial charge >= 0.3 is 11.9 Å². The first-order valence-electron chi connectivity index (χ1n) is 7.49. The van der Waals surface area contributed by atoms with Gasteiger partial charge in [-0.15, -0.1) is 0 Å². The molecule has 3 rings (SSSR count). The van der Waals surface area contributed by atoms with Gasteiger partial charge in [-0.3, -0.25) is 14.9 Å². The van der Waals surface area contributed by atoms with Crippen molar-refractivity contribution in [1.82, 2.24) is 5.32 Å². The largest absolute Gasteiger partial charge is 0.466 e. The Kier molecular flexibility index (Phi) is 3.96. The highest BCUT2D eigenvalue weighted by molar-refractivity contribution is 5.94. The molecule has 25 heavy (non-hydrogen) atoms. The fourth-order valence-corrected chi connectivity index (χ4v) is 3.45. The molecule has 2 N–H and O–H groups in total. The van der Waals surface area contributed by atoms with Crippen LogP contribution >= 0.6 is 0 Å². The number of nitro benzene ring substituents is 1. The van der Waals surface area contributed by atoms with E-state index in [0.717, 1.165) is 0 Å². The van der Waals surface area contributed by atoms with Crippen LogP contribution in [0.4, 0.5) is 5.69 Å². The van der Waals surface area contributed by atoms with Gasteiger partial charge in [-0.25, -0.2) is 4.79 Å². The van der Waals surface area contributed by atoms with Gasteiger partial charge < -0.3 is 19.9 Å². The highest BCUT2D eigenvalue weighted by atomic mass is 16.6. The van der Waals surface area contributed by atoms with Crippen LogP contribution in [-0.4, -0.2) is 41.4 Å². The van der Waals surface area contributed by atoms with Crippen LogP contribution in [0.2, 0.25) is 0 Å². The van der Waals surface area contributed by atoms with E-state index in [9.17, 15) is 24.8 Å². The van der Waals surface area contributed by atoms with Crippen LogP contribution in [0.5, 0.6) is 0 Å². The number of carbonyl (C=O) groups is 2. The van der Waals surface area contributed by atoms with Crippen LogP contribution in [0.3, 0.4) is 0 Å². The van der Waals surface area contributed by atoms with Crippen molar-refractivity contribution in [1.29, 1.82) is 0 Å². The minimum atomic E-state index is -1.70. The monoisotopic (exact) mass is 348 g/mol. The molecule has 9 nitrogen and oxygen atoms in total. The zero-order valence-electron chi connectivity index (χ0n) is 13.5. The summed E-state index contributed by atoms with van der Waals surface area (Å²) in [5, 5.41) is 24.6. The molecule has 1 aromatic carbocycles. The predicted octanol–water partition coefficient (Wildman–Crippen LogP) is 0.590. The van der Waals surface area contributed by atoms with E-state index >= 15 is 0 Å². The number of fused-ring (bicyclic) bond motifs is 1. The lowest BCUT2D eigenvalue weighted by Gasteiger charge is -2.39. The first kappa shape index (κ1) is 16.9. The molecule has 2 aliphatic heterocycles. The van der Waals surface area contributed by atoms with Crippen LogP contribution in [0.15, 0.2) is 35.5 Å². The van der Waals surface area contributed by atoms with Crippen molar-refractivity contribution in [2.45, 2.75) is 18.6 Å². The molecule has 9 heteroatoms. The van der Waals surface area contributed by atoms with Crippen molar-refractivity contribution in [3.8, 4) is 0 Å². The number of cyclic esters (lactones) is 1. The molecule has 2 heterocycles. The SMILES string of the molecule is COC(=O)C1=C(C)NC2(O)COC(=O)C2C1c1cccc([N+](=O)[O-])c1. The summed E-state index contributed by atoms with van der Waals surface area (Å²) in [5.41, 5.74) is -1.10. The quantitative estimate of drug-likeness (QED) is 0.461. The second kappa shape index (κ2) is 5.85. The summed E-state index contributed by atoms with van der Waals surface area (Å²) in [4.78, 5) is 35.0. The zero-order chi connectivity index (χ0) is 18.4. The number of nitrogens with zero attached hydrogens (tertiary/aromatic N) is 1. The van der Waals surface area contributed by atoms with Crippen LogP contribution in [0.1, 0.15) is 18.4 Å². The van der Waals surface area contributed by atoms with Gasteiger partial charge in [0.15, 0.2) is 5.72 Å². The van der Waals surface area contributed by atoms with E-state index in [4.69, 9.17) is 9.47 Å². The third kappa shape index (κ3) is 2.62. The minimum absolute atomic E-state index is 0.122. The van der Waals surface area contributed by atoms with E-state index < -0.39 is 34.4 Å². The lowest BCUT2D eigenvalue weighted by molar-refractivity contribution is -0.384. The number of benzene rings is 1. The Bertz CT molecular complexity index is 803. The van der Waals surface area contributed by atoms with Crippen molar-refractivity contribution in [3.63, 3.8) is 0 Å². The van der Waals surface area contributed by atoms with Crippen LogP contribution in [0.25, 0.3) is 0 Å². The molecular weight excluding hydrogens is 332 g/mol. The topological polar surface area (TPSA) is 128 Å². The molecule has 0 spiro atoms. The molecule has 0 aromatic heterocycles. The Labute approximate surface area is 142 Å². The third-order valence-corrected chi connectivity index (χ3v) is 4.50. The van der Waals surface area contributed by atoms with Crippen molar-refractivity contribution in [3.05, 3.63) is 51.2 Å². The number of methoxy groups -OCH3 is 1. The normalized spacial score (nSPS) is 28.0. The summed E-state index contributed by atoms with van der Waals surface area (Å²) in [6, 6.07) is 5.60. The number of non-ortho nitro benzene ring substituents is 1. The Morgan fingerprint density at radius 3 is 2.88 bits per heavy atom. The van der Waals surface area contributed by atoms with Gasteiger partial charge in [0.2, 0.25) is 0 Å². The van der Waals surface area contributed by atoms with Crippen molar-refractivity contribution in [2.75, 3.05) is 13.7 Å². The summed E-state index contributed by atoms with van der Waals surface area (Å²) in [6.07, 6.45) is 0. The summed E-state index contributed by atoms with van der Waals surface area (Å²) in [7, 11) is 1.20. The summed E-state index contributed by atoms with van der Waals surface area (Å²) >= 11 is 0. The number of ether oxygens (including phenoxy) is 2. The smallest absolute Gasteiger partial charge is 0.336 e. The molecule has 2 aliphatic rings. The fourth-order valence-electron chi connectivity index (χ4n) is 3.45. The first-order chi connectivity index (χ1) is 11.8. The van der Waals surface area contributed by atoms with E-state index in [0.29, 0.717) is 11.3 Å². The van der Waals surface area contributed by atoms with Crippen molar-refractivity contribution < 1.29 is 29.1 Å². The van der Waals surface area contributed by atoms with E-state index in [1.807, 2.05) is 0 Å². The lowest BCUT2D eigenvalue weighted by atomic mass is 9.72. The molecule has 1 saturated heterocycles. The van der Waals surface area contributed by atoms with E-state index in [-0.39, 0.29) is 17.9 Å². The number of rotatable bonds is 3. The van der Waals surface area contributed by atoms with Gasteiger partial charge in [-0.05, 0) is 12.5 Å². The number of nitrogens with one attached hydrogen (secondary N) is 1. The van der Waals surface area contributed by atoms with E-state index in [2.05, 4.69) is 5.32 Å².